The van der Waals surface area contributed by atoms with Crippen molar-refractivity contribution in [3.8, 4) is 0 Å². The van der Waals surface area contributed by atoms with Crippen LogP contribution >= 0.6 is 23.2 Å². The van der Waals surface area contributed by atoms with Crippen molar-refractivity contribution in [3.05, 3.63) is 0 Å². The van der Waals surface area contributed by atoms with Gasteiger partial charge in [0.2, 0.25) is 0 Å². The Balaban J connectivity index is 1.94. The van der Waals surface area contributed by atoms with E-state index in [0.29, 0.717) is 0 Å². The Labute approximate surface area is 146 Å². The van der Waals surface area contributed by atoms with Gasteiger partial charge in [0.05, 0.1) is 11.8 Å². The SMILES string of the molecule is O=C(ON1C(=O)CC(CCCl)C1=O)ON1C(=O)CC(CCCl)C1=O. The summed E-state index contributed by atoms with van der Waals surface area (Å²) in [5.41, 5.74) is 0. The predicted molar refractivity (Wildman–Crippen MR) is 78.2 cm³/mol. The van der Waals surface area contributed by atoms with E-state index in [0.717, 1.165) is 0 Å². The highest BCUT2D eigenvalue weighted by molar-refractivity contribution is 6.18. The van der Waals surface area contributed by atoms with Crippen LogP contribution in [0, 0.1) is 11.8 Å². The second-order valence-electron chi connectivity index (χ2n) is 5.24. The molecule has 0 saturated carbocycles. The number of rotatable bonds is 6. The van der Waals surface area contributed by atoms with Crippen molar-refractivity contribution in [2.75, 3.05) is 11.8 Å². The molecule has 132 valence electrons. The first-order chi connectivity index (χ1) is 11.4. The average molecular weight is 381 g/mol. The highest BCUT2D eigenvalue weighted by Crippen LogP contribution is 2.26. The number of halogens is 2. The maximum absolute atomic E-state index is 11.9. The molecule has 2 heterocycles. The summed E-state index contributed by atoms with van der Waals surface area (Å²) in [7, 11) is 0. The Morgan fingerprint density at radius 3 is 1.58 bits per heavy atom. The maximum atomic E-state index is 11.9. The molecule has 0 bridgehead atoms. The van der Waals surface area contributed by atoms with Crippen molar-refractivity contribution in [1.29, 1.82) is 0 Å². The average Bonchev–Trinajstić information content (AvgIpc) is 2.93. The summed E-state index contributed by atoms with van der Waals surface area (Å²) in [4.78, 5) is 67.9. The number of nitrogens with zero attached hydrogens (tertiary/aromatic N) is 2. The lowest BCUT2D eigenvalue weighted by atomic mass is 10.1. The molecule has 11 heteroatoms. The first-order valence-corrected chi connectivity index (χ1v) is 8.21. The van der Waals surface area contributed by atoms with Crippen molar-refractivity contribution in [2.24, 2.45) is 11.8 Å². The molecular weight excluding hydrogens is 367 g/mol. The molecule has 2 aliphatic rings. The Kier molecular flexibility index (Phi) is 6.00. The van der Waals surface area contributed by atoms with Gasteiger partial charge in [0.25, 0.3) is 23.6 Å². The summed E-state index contributed by atoms with van der Waals surface area (Å²) in [5.74, 6) is -3.93. The molecule has 0 radical (unpaired) electrons. The lowest BCUT2D eigenvalue weighted by molar-refractivity contribution is -0.199. The Bertz CT molecular complexity index is 535. The van der Waals surface area contributed by atoms with Gasteiger partial charge in [0.15, 0.2) is 0 Å². The number of hydroxylamine groups is 4. The second-order valence-corrected chi connectivity index (χ2v) is 6.00. The standard InChI is InChI=1S/C13H14Cl2N2O7/c14-3-1-7-5-9(18)16(11(7)20)23-13(22)24-17-10(19)6-8(2-4-15)12(17)21/h7-8H,1-6H2. The van der Waals surface area contributed by atoms with Gasteiger partial charge in [-0.05, 0) is 12.8 Å². The smallest absolute Gasteiger partial charge is 0.293 e. The maximum Gasteiger partial charge on any atom is 0.560 e. The number of imide groups is 2. The summed E-state index contributed by atoms with van der Waals surface area (Å²) in [6.45, 7) is 0. The lowest BCUT2D eigenvalue weighted by Gasteiger charge is -2.16. The van der Waals surface area contributed by atoms with Crippen LogP contribution in [0.2, 0.25) is 0 Å². The topological polar surface area (TPSA) is 110 Å². The van der Waals surface area contributed by atoms with Crippen molar-refractivity contribution in [3.63, 3.8) is 0 Å². The van der Waals surface area contributed by atoms with Gasteiger partial charge in [-0.2, -0.15) is 4.79 Å². The third kappa shape index (κ3) is 3.78. The molecule has 24 heavy (non-hydrogen) atoms. The van der Waals surface area contributed by atoms with Crippen molar-refractivity contribution >= 4 is 53.0 Å². The molecule has 4 amide bonds. The van der Waals surface area contributed by atoms with E-state index in [2.05, 4.69) is 9.68 Å². The van der Waals surface area contributed by atoms with E-state index in [9.17, 15) is 24.0 Å². The molecule has 0 spiro atoms. The van der Waals surface area contributed by atoms with Crippen LogP contribution in [0.5, 0.6) is 0 Å². The molecule has 0 aliphatic carbocycles. The summed E-state index contributed by atoms with van der Waals surface area (Å²) in [6, 6.07) is 0. The molecule has 2 atom stereocenters. The molecule has 2 aliphatic heterocycles. The van der Waals surface area contributed by atoms with E-state index in [1.165, 1.54) is 0 Å². The van der Waals surface area contributed by atoms with Gasteiger partial charge in [0, 0.05) is 24.6 Å². The van der Waals surface area contributed by atoms with Gasteiger partial charge in [-0.1, -0.05) is 10.1 Å². The largest absolute Gasteiger partial charge is 0.560 e. The summed E-state index contributed by atoms with van der Waals surface area (Å²) >= 11 is 11.1. The monoisotopic (exact) mass is 380 g/mol. The van der Waals surface area contributed by atoms with Gasteiger partial charge in [-0.15, -0.1) is 23.2 Å². The summed E-state index contributed by atoms with van der Waals surface area (Å²) in [5, 5.41) is 0.529. The van der Waals surface area contributed by atoms with Gasteiger partial charge in [-0.3, -0.25) is 28.9 Å². The van der Waals surface area contributed by atoms with E-state index in [1.807, 2.05) is 0 Å². The van der Waals surface area contributed by atoms with Crippen LogP contribution in [-0.4, -0.2) is 51.7 Å². The van der Waals surface area contributed by atoms with Crippen molar-refractivity contribution in [1.82, 2.24) is 10.1 Å². The van der Waals surface area contributed by atoms with Crippen molar-refractivity contribution < 1.29 is 33.6 Å². The molecule has 0 aromatic rings. The lowest BCUT2D eigenvalue weighted by Crippen LogP contribution is -2.38. The molecule has 0 aromatic carbocycles. The zero-order valence-electron chi connectivity index (χ0n) is 12.4. The van der Waals surface area contributed by atoms with Crippen LogP contribution in [0.3, 0.4) is 0 Å². The van der Waals surface area contributed by atoms with Crippen LogP contribution < -0.4 is 0 Å². The van der Waals surface area contributed by atoms with Gasteiger partial charge in [-0.25, -0.2) is 0 Å². The van der Waals surface area contributed by atoms with E-state index in [-0.39, 0.29) is 47.6 Å². The third-order valence-electron chi connectivity index (χ3n) is 3.64. The molecule has 0 aromatic heterocycles. The van der Waals surface area contributed by atoms with Crippen LogP contribution in [0.25, 0.3) is 0 Å². The second kappa shape index (κ2) is 7.80. The van der Waals surface area contributed by atoms with E-state index < -0.39 is 41.6 Å². The number of hydrogen-bond acceptors (Lipinski definition) is 7. The minimum atomic E-state index is -1.53. The van der Waals surface area contributed by atoms with Crippen LogP contribution in [-0.2, 0) is 28.9 Å². The first kappa shape index (κ1) is 18.5. The molecular formula is C13H14Cl2N2O7. The first-order valence-electron chi connectivity index (χ1n) is 7.14. The third-order valence-corrected chi connectivity index (χ3v) is 4.08. The van der Waals surface area contributed by atoms with Gasteiger partial charge < -0.3 is 0 Å². The predicted octanol–water partition coefficient (Wildman–Crippen LogP) is 0.978. The molecule has 2 unspecified atom stereocenters. The summed E-state index contributed by atoms with van der Waals surface area (Å²) in [6.07, 6.45) is -1.30. The molecule has 9 nitrogen and oxygen atoms in total. The number of hydrogen-bond donors (Lipinski definition) is 0. The highest BCUT2D eigenvalue weighted by Gasteiger charge is 2.44. The molecule has 2 fully saturated rings. The fourth-order valence-corrected chi connectivity index (χ4v) is 2.94. The molecule has 0 N–H and O–H groups in total. The fraction of sp³-hybridized carbons (Fsp3) is 0.615. The highest BCUT2D eigenvalue weighted by atomic mass is 35.5. The van der Waals surface area contributed by atoms with Crippen molar-refractivity contribution in [2.45, 2.75) is 25.7 Å². The normalized spacial score (nSPS) is 24.1. The molecule has 2 rings (SSSR count). The zero-order valence-corrected chi connectivity index (χ0v) is 13.9. The number of carbonyl (C=O) groups is 5. The number of carbonyl (C=O) groups excluding carboxylic acids is 5. The fourth-order valence-electron chi connectivity index (χ4n) is 2.41. The number of amides is 4. The Morgan fingerprint density at radius 1 is 0.875 bits per heavy atom. The summed E-state index contributed by atoms with van der Waals surface area (Å²) < 4.78 is 0. The van der Waals surface area contributed by atoms with Gasteiger partial charge >= 0.3 is 6.16 Å². The Morgan fingerprint density at radius 2 is 1.25 bits per heavy atom. The van der Waals surface area contributed by atoms with Crippen LogP contribution in [0.1, 0.15) is 25.7 Å². The zero-order chi connectivity index (χ0) is 17.9. The quantitative estimate of drug-likeness (QED) is 0.498. The Hall–Kier alpha value is -1.87. The van der Waals surface area contributed by atoms with Crippen LogP contribution in [0.15, 0.2) is 0 Å². The van der Waals surface area contributed by atoms with E-state index >= 15 is 0 Å². The number of alkyl halides is 2. The van der Waals surface area contributed by atoms with Crippen LogP contribution in [0.4, 0.5) is 4.79 Å². The van der Waals surface area contributed by atoms with E-state index in [4.69, 9.17) is 23.2 Å². The minimum Gasteiger partial charge on any atom is -0.293 e. The molecule has 2 saturated heterocycles. The minimum absolute atomic E-state index is 0.141. The van der Waals surface area contributed by atoms with E-state index in [1.54, 1.807) is 0 Å². The van der Waals surface area contributed by atoms with Gasteiger partial charge in [0.1, 0.15) is 0 Å².